The number of anilines is 1. The average Bonchev–Trinajstić information content (AvgIpc) is 3.18. The van der Waals surface area contributed by atoms with Gasteiger partial charge in [0.1, 0.15) is 11.0 Å². The minimum absolute atomic E-state index is 0.0464. The number of hydrogen-bond donors (Lipinski definition) is 1. The molecular weight excluding hydrogens is 476 g/mol. The van der Waals surface area contributed by atoms with Crippen molar-refractivity contribution < 1.29 is 27.9 Å². The lowest BCUT2D eigenvalue weighted by atomic mass is 9.91. The SMILES string of the molecule is CC(C)(C)C#Cc1cc(N(C=O)C2CCC(Oc3cccc(S(C)(=O)=O)n3)CC2)c(C(=O)O)s1. The highest BCUT2D eigenvalue weighted by molar-refractivity contribution is 7.90. The second-order valence-corrected chi connectivity index (χ2v) is 12.3. The first-order valence-electron chi connectivity index (χ1n) is 10.8. The number of carboxylic acid groups (broad SMARTS) is 1. The molecule has 1 fully saturated rings. The molecule has 3 rings (SSSR count). The van der Waals surface area contributed by atoms with Gasteiger partial charge in [-0.1, -0.05) is 17.9 Å². The van der Waals surface area contributed by atoms with E-state index in [0.717, 1.165) is 17.6 Å². The van der Waals surface area contributed by atoms with Gasteiger partial charge in [0.25, 0.3) is 0 Å². The summed E-state index contributed by atoms with van der Waals surface area (Å²) in [5, 5.41) is 9.64. The molecule has 0 saturated heterocycles. The Bertz CT molecular complexity index is 1230. The van der Waals surface area contributed by atoms with Crippen LogP contribution in [0.2, 0.25) is 0 Å². The summed E-state index contributed by atoms with van der Waals surface area (Å²) in [4.78, 5) is 30.1. The maximum absolute atomic E-state index is 12.0. The van der Waals surface area contributed by atoms with E-state index < -0.39 is 15.8 Å². The highest BCUT2D eigenvalue weighted by atomic mass is 32.2. The number of aromatic nitrogens is 1. The van der Waals surface area contributed by atoms with Gasteiger partial charge in [0.2, 0.25) is 12.3 Å². The fourth-order valence-corrected chi connectivity index (χ4v) is 5.09. The van der Waals surface area contributed by atoms with Crippen LogP contribution in [0, 0.1) is 17.3 Å². The van der Waals surface area contributed by atoms with Crippen molar-refractivity contribution in [3.8, 4) is 17.7 Å². The van der Waals surface area contributed by atoms with Gasteiger partial charge in [-0.15, -0.1) is 11.3 Å². The van der Waals surface area contributed by atoms with Crippen LogP contribution in [-0.4, -0.2) is 49.3 Å². The Balaban J connectivity index is 1.73. The molecule has 2 aromatic heterocycles. The van der Waals surface area contributed by atoms with Crippen LogP contribution in [0.3, 0.4) is 0 Å². The van der Waals surface area contributed by atoms with E-state index in [0.29, 0.717) is 42.7 Å². The Hall–Kier alpha value is -2.90. The van der Waals surface area contributed by atoms with Gasteiger partial charge in [0.15, 0.2) is 14.9 Å². The lowest BCUT2D eigenvalue weighted by Gasteiger charge is -2.34. The molecule has 0 unspecified atom stereocenters. The lowest BCUT2D eigenvalue weighted by Crippen LogP contribution is -2.40. The van der Waals surface area contributed by atoms with Crippen LogP contribution in [0.15, 0.2) is 29.3 Å². The molecule has 1 aliphatic rings. The van der Waals surface area contributed by atoms with Crippen molar-refractivity contribution in [1.82, 2.24) is 4.98 Å². The minimum atomic E-state index is -3.44. The number of nitrogens with zero attached hydrogens (tertiary/aromatic N) is 2. The van der Waals surface area contributed by atoms with E-state index in [2.05, 4.69) is 16.8 Å². The normalized spacial score (nSPS) is 18.5. The number of carboxylic acids is 1. The van der Waals surface area contributed by atoms with Crippen molar-refractivity contribution in [2.75, 3.05) is 11.2 Å². The van der Waals surface area contributed by atoms with Gasteiger partial charge >= 0.3 is 5.97 Å². The number of carbonyl (C=O) groups excluding carboxylic acids is 1. The summed E-state index contributed by atoms with van der Waals surface area (Å²) in [5.41, 5.74) is 0.129. The minimum Gasteiger partial charge on any atom is -0.477 e. The number of rotatable bonds is 7. The molecule has 2 aromatic rings. The predicted molar refractivity (Wildman–Crippen MR) is 130 cm³/mol. The molecule has 1 aliphatic carbocycles. The number of carbonyl (C=O) groups is 2. The standard InChI is InChI=1S/C24H28N2O6S2/c1-24(2,3)13-12-18-14-19(22(33-18)23(28)29)26(15-27)16-8-10-17(11-9-16)32-20-6-5-7-21(25-20)34(4,30)31/h5-7,14-17H,8-11H2,1-4H3,(H,28,29). The van der Waals surface area contributed by atoms with Crippen LogP contribution in [0.5, 0.6) is 5.88 Å². The van der Waals surface area contributed by atoms with E-state index in [9.17, 15) is 23.1 Å². The third-order valence-corrected chi connectivity index (χ3v) is 7.28. The summed E-state index contributed by atoms with van der Waals surface area (Å²) in [6.07, 6.45) is 4.03. The number of ether oxygens (including phenoxy) is 1. The Kier molecular flexibility index (Phi) is 7.68. The molecule has 1 amide bonds. The van der Waals surface area contributed by atoms with Crippen molar-refractivity contribution in [3.63, 3.8) is 0 Å². The summed E-state index contributed by atoms with van der Waals surface area (Å²) in [6, 6.07) is 6.11. The maximum Gasteiger partial charge on any atom is 0.348 e. The van der Waals surface area contributed by atoms with E-state index in [1.54, 1.807) is 18.2 Å². The molecule has 0 bridgehead atoms. The summed E-state index contributed by atoms with van der Waals surface area (Å²) in [6.45, 7) is 5.91. The number of amides is 1. The molecule has 0 atom stereocenters. The van der Waals surface area contributed by atoms with Crippen molar-refractivity contribution in [2.24, 2.45) is 5.41 Å². The molecular formula is C24H28N2O6S2. The number of aromatic carboxylic acids is 1. The van der Waals surface area contributed by atoms with E-state index in [4.69, 9.17) is 4.74 Å². The number of thiophene rings is 1. The monoisotopic (exact) mass is 504 g/mol. The highest BCUT2D eigenvalue weighted by Gasteiger charge is 2.30. The Morgan fingerprint density at radius 3 is 2.50 bits per heavy atom. The zero-order valence-corrected chi connectivity index (χ0v) is 21.2. The van der Waals surface area contributed by atoms with E-state index >= 15 is 0 Å². The first-order valence-corrected chi connectivity index (χ1v) is 13.6. The van der Waals surface area contributed by atoms with E-state index in [-0.39, 0.29) is 33.3 Å². The second-order valence-electron chi connectivity index (χ2n) is 9.28. The van der Waals surface area contributed by atoms with Gasteiger partial charge in [-0.25, -0.2) is 18.2 Å². The fourth-order valence-electron chi connectivity index (χ4n) is 3.66. The number of pyridine rings is 1. The third-order valence-electron chi connectivity index (χ3n) is 5.26. The number of hydrogen-bond acceptors (Lipinski definition) is 7. The van der Waals surface area contributed by atoms with Crippen LogP contribution >= 0.6 is 11.3 Å². The zero-order chi connectivity index (χ0) is 25.1. The molecule has 1 saturated carbocycles. The van der Waals surface area contributed by atoms with E-state index in [1.165, 1.54) is 11.0 Å². The van der Waals surface area contributed by atoms with Crippen molar-refractivity contribution in [1.29, 1.82) is 0 Å². The molecule has 182 valence electrons. The van der Waals surface area contributed by atoms with E-state index in [1.807, 2.05) is 20.8 Å². The van der Waals surface area contributed by atoms with Crippen molar-refractivity contribution in [3.05, 3.63) is 34.0 Å². The van der Waals surface area contributed by atoms with Crippen LogP contribution < -0.4 is 9.64 Å². The summed E-state index contributed by atoms with van der Waals surface area (Å²) >= 11 is 1.07. The number of sulfone groups is 1. The maximum atomic E-state index is 12.0. The smallest absolute Gasteiger partial charge is 0.348 e. The predicted octanol–water partition coefficient (Wildman–Crippen LogP) is 4.00. The fraction of sp³-hybridized carbons (Fsp3) is 0.458. The van der Waals surface area contributed by atoms with Gasteiger partial charge in [0.05, 0.1) is 10.6 Å². The summed E-state index contributed by atoms with van der Waals surface area (Å²) < 4.78 is 29.3. The molecule has 2 heterocycles. The highest BCUT2D eigenvalue weighted by Crippen LogP contribution is 2.35. The second kappa shape index (κ2) is 10.2. The molecule has 10 heteroatoms. The molecule has 1 N–H and O–H groups in total. The third kappa shape index (κ3) is 6.58. The molecule has 8 nitrogen and oxygen atoms in total. The lowest BCUT2D eigenvalue weighted by molar-refractivity contribution is -0.108. The van der Waals surface area contributed by atoms with Gasteiger partial charge in [-0.3, -0.25) is 4.79 Å². The molecule has 0 spiro atoms. The Morgan fingerprint density at radius 1 is 1.26 bits per heavy atom. The van der Waals surface area contributed by atoms with Crippen LogP contribution in [0.25, 0.3) is 0 Å². The van der Waals surface area contributed by atoms with Crippen LogP contribution in [0.1, 0.15) is 61.0 Å². The quantitative estimate of drug-likeness (QED) is 0.448. The molecule has 0 aromatic carbocycles. The van der Waals surface area contributed by atoms with Crippen molar-refractivity contribution >= 4 is 39.2 Å². The molecule has 0 aliphatic heterocycles. The van der Waals surface area contributed by atoms with Gasteiger partial charge < -0.3 is 14.7 Å². The van der Waals surface area contributed by atoms with Gasteiger partial charge in [0, 0.05) is 23.8 Å². The van der Waals surface area contributed by atoms with Crippen LogP contribution in [-0.2, 0) is 14.6 Å². The Morgan fingerprint density at radius 2 is 1.94 bits per heavy atom. The topological polar surface area (TPSA) is 114 Å². The average molecular weight is 505 g/mol. The zero-order valence-electron chi connectivity index (χ0n) is 19.6. The summed E-state index contributed by atoms with van der Waals surface area (Å²) in [5.74, 6) is 5.27. The molecule has 34 heavy (non-hydrogen) atoms. The van der Waals surface area contributed by atoms with Gasteiger partial charge in [-0.05, 0) is 58.6 Å². The first-order chi connectivity index (χ1) is 15.9. The van der Waals surface area contributed by atoms with Crippen molar-refractivity contribution in [2.45, 2.75) is 63.6 Å². The largest absolute Gasteiger partial charge is 0.477 e. The molecule has 0 radical (unpaired) electrons. The first kappa shape index (κ1) is 25.7. The van der Waals surface area contributed by atoms with Crippen LogP contribution in [0.4, 0.5) is 5.69 Å². The van der Waals surface area contributed by atoms with Gasteiger partial charge in [-0.2, -0.15) is 0 Å². The Labute approximate surface area is 203 Å². The summed E-state index contributed by atoms with van der Waals surface area (Å²) in [7, 11) is -3.44.